The summed E-state index contributed by atoms with van der Waals surface area (Å²) in [4.78, 5) is 12.5. The topological polar surface area (TPSA) is 89.8 Å². The first-order chi connectivity index (χ1) is 26.1. The summed E-state index contributed by atoms with van der Waals surface area (Å²) >= 11 is 0. The van der Waals surface area contributed by atoms with Gasteiger partial charge in [-0.15, -0.1) is 0 Å². The number of unbranched alkanes of at least 4 members (excludes halogenated alkanes) is 37. The van der Waals surface area contributed by atoms with E-state index >= 15 is 0 Å². The molecule has 0 rings (SSSR count). The van der Waals surface area contributed by atoms with Crippen LogP contribution >= 0.6 is 0 Å². The van der Waals surface area contributed by atoms with Crippen LogP contribution in [0.25, 0.3) is 0 Å². The van der Waals surface area contributed by atoms with Gasteiger partial charge in [-0.3, -0.25) is 4.79 Å². The normalized spacial score (nSPS) is 13.4. The maximum Gasteiger partial charge on any atom is 0.220 e. The van der Waals surface area contributed by atoms with Gasteiger partial charge in [0.05, 0.1) is 18.8 Å². The number of rotatable bonds is 45. The molecule has 0 aliphatic rings. The highest BCUT2D eigenvalue weighted by molar-refractivity contribution is 5.76. The molecule has 0 bridgehead atoms. The van der Waals surface area contributed by atoms with E-state index < -0.39 is 18.2 Å². The van der Waals surface area contributed by atoms with Crippen LogP contribution in [-0.2, 0) is 4.79 Å². The minimum Gasteiger partial charge on any atom is -0.394 e. The van der Waals surface area contributed by atoms with Crippen molar-refractivity contribution >= 4 is 5.91 Å². The van der Waals surface area contributed by atoms with Crippen molar-refractivity contribution in [3.8, 4) is 0 Å². The smallest absolute Gasteiger partial charge is 0.220 e. The minimum atomic E-state index is -1.13. The third kappa shape index (κ3) is 39.4. The van der Waals surface area contributed by atoms with Gasteiger partial charge in [0.15, 0.2) is 0 Å². The highest BCUT2D eigenvalue weighted by Gasteiger charge is 2.26. The van der Waals surface area contributed by atoms with Crippen LogP contribution in [-0.4, -0.2) is 46.1 Å². The van der Waals surface area contributed by atoms with Crippen molar-refractivity contribution in [1.29, 1.82) is 0 Å². The number of hydrogen-bond donors (Lipinski definition) is 4. The molecule has 3 unspecified atom stereocenters. The minimum absolute atomic E-state index is 0.138. The second-order valence-electron chi connectivity index (χ2n) is 17.0. The van der Waals surface area contributed by atoms with Crippen LogP contribution in [0.1, 0.15) is 277 Å². The fourth-order valence-corrected chi connectivity index (χ4v) is 7.93. The molecule has 0 aliphatic heterocycles. The predicted molar refractivity (Wildman–Crippen MR) is 232 cm³/mol. The molecule has 0 radical (unpaired) electrons. The zero-order valence-electron chi connectivity index (χ0n) is 36.2. The summed E-state index contributed by atoms with van der Waals surface area (Å²) in [7, 11) is 0. The molecule has 0 aromatic heterocycles. The molecule has 53 heavy (non-hydrogen) atoms. The number of amides is 1. The maximum atomic E-state index is 12.5. The number of carbonyl (C=O) groups excluding carboxylic acids is 1. The highest BCUT2D eigenvalue weighted by Crippen LogP contribution is 2.18. The van der Waals surface area contributed by atoms with E-state index in [1.165, 1.54) is 218 Å². The van der Waals surface area contributed by atoms with Crippen molar-refractivity contribution in [1.82, 2.24) is 5.32 Å². The molecule has 318 valence electrons. The van der Waals surface area contributed by atoms with Crippen LogP contribution in [0.4, 0.5) is 0 Å². The van der Waals surface area contributed by atoms with Crippen molar-refractivity contribution in [3.63, 3.8) is 0 Å². The Morgan fingerprint density at radius 2 is 0.642 bits per heavy atom. The molecule has 1 amide bonds. The van der Waals surface area contributed by atoms with Gasteiger partial charge in [-0.1, -0.05) is 258 Å². The monoisotopic (exact) mass is 752 g/mol. The first-order valence-corrected chi connectivity index (χ1v) is 24.3. The highest BCUT2D eigenvalue weighted by atomic mass is 16.3. The quantitative estimate of drug-likeness (QED) is 0.0466. The van der Waals surface area contributed by atoms with Gasteiger partial charge in [-0.2, -0.15) is 0 Å². The average molecular weight is 752 g/mol. The summed E-state index contributed by atoms with van der Waals surface area (Å²) in [5.74, 6) is -0.138. The first kappa shape index (κ1) is 52.3. The second kappa shape index (κ2) is 44.1. The molecule has 0 saturated carbocycles. The summed E-state index contributed by atoms with van der Waals surface area (Å²) in [6.07, 6.45) is 50.8. The Labute approximate surface area is 332 Å². The lowest BCUT2D eigenvalue weighted by molar-refractivity contribution is -0.124. The Bertz CT molecular complexity index is 703. The maximum absolute atomic E-state index is 12.5. The van der Waals surface area contributed by atoms with Crippen LogP contribution < -0.4 is 5.32 Å². The Morgan fingerprint density at radius 1 is 0.396 bits per heavy atom. The fraction of sp³-hybridized carbons (Fsp3) is 0.979. The molecule has 0 spiro atoms. The molecule has 5 nitrogen and oxygen atoms in total. The summed E-state index contributed by atoms with van der Waals surface area (Å²) in [5.41, 5.74) is 0. The Morgan fingerprint density at radius 3 is 0.906 bits per heavy atom. The van der Waals surface area contributed by atoms with E-state index in [1.54, 1.807) is 0 Å². The molecule has 0 fully saturated rings. The second-order valence-corrected chi connectivity index (χ2v) is 17.0. The number of nitrogens with one attached hydrogen (secondary N) is 1. The molecule has 3 atom stereocenters. The summed E-state index contributed by atoms with van der Waals surface area (Å²) < 4.78 is 0. The molecular weight excluding hydrogens is 655 g/mol. The van der Waals surface area contributed by atoms with Gasteiger partial charge in [0, 0.05) is 6.42 Å². The van der Waals surface area contributed by atoms with Gasteiger partial charge in [0.1, 0.15) is 6.10 Å². The molecule has 0 aliphatic carbocycles. The zero-order valence-corrected chi connectivity index (χ0v) is 36.2. The largest absolute Gasteiger partial charge is 0.394 e. The number of hydrogen-bond acceptors (Lipinski definition) is 4. The summed E-state index contributed by atoms with van der Waals surface area (Å²) in [6, 6.07) is -0.803. The standard InChI is InChI=1S/C48H97NO4/c1-3-5-7-9-11-13-15-17-19-21-23-24-25-26-28-30-32-34-36-38-40-42-46(51)48(53)45(44-50)49-47(52)43-41-39-37-35-33-31-29-27-22-20-18-16-14-12-10-8-6-4-2/h45-46,48,50-51,53H,3-44H2,1-2H3,(H,49,52). The third-order valence-corrected chi connectivity index (χ3v) is 11.7. The van der Waals surface area contributed by atoms with Crippen LogP contribution in [0.3, 0.4) is 0 Å². The van der Waals surface area contributed by atoms with E-state index in [9.17, 15) is 20.1 Å². The van der Waals surface area contributed by atoms with Crippen LogP contribution in [0.5, 0.6) is 0 Å². The van der Waals surface area contributed by atoms with Gasteiger partial charge >= 0.3 is 0 Å². The van der Waals surface area contributed by atoms with Gasteiger partial charge in [0.25, 0.3) is 0 Å². The molecule has 4 N–H and O–H groups in total. The lowest BCUT2D eigenvalue weighted by Crippen LogP contribution is -2.50. The van der Waals surface area contributed by atoms with Crippen LogP contribution in [0.15, 0.2) is 0 Å². The zero-order chi connectivity index (χ0) is 38.7. The fourth-order valence-electron chi connectivity index (χ4n) is 7.93. The van der Waals surface area contributed by atoms with E-state index in [0.29, 0.717) is 12.8 Å². The molecule has 0 aromatic carbocycles. The molecule has 5 heteroatoms. The van der Waals surface area contributed by atoms with Crippen molar-refractivity contribution in [2.45, 2.75) is 295 Å². The molecular formula is C48H97NO4. The lowest BCUT2D eigenvalue weighted by Gasteiger charge is -2.26. The Hall–Kier alpha value is -0.650. The van der Waals surface area contributed by atoms with Crippen molar-refractivity contribution < 1.29 is 20.1 Å². The number of aliphatic hydroxyl groups excluding tert-OH is 3. The van der Waals surface area contributed by atoms with E-state index in [1.807, 2.05) is 0 Å². The summed E-state index contributed by atoms with van der Waals surface area (Å²) in [5, 5.41) is 33.7. The molecule has 0 saturated heterocycles. The van der Waals surface area contributed by atoms with Crippen LogP contribution in [0, 0.1) is 0 Å². The van der Waals surface area contributed by atoms with Gasteiger partial charge in [-0.05, 0) is 12.8 Å². The third-order valence-electron chi connectivity index (χ3n) is 11.7. The Balaban J connectivity index is 3.55. The number of carbonyl (C=O) groups is 1. The lowest BCUT2D eigenvalue weighted by atomic mass is 9.99. The summed E-state index contributed by atoms with van der Waals surface area (Å²) in [6.45, 7) is 4.21. The molecule has 0 aromatic rings. The van der Waals surface area contributed by atoms with E-state index in [2.05, 4.69) is 19.2 Å². The van der Waals surface area contributed by atoms with Gasteiger partial charge in [0.2, 0.25) is 5.91 Å². The number of aliphatic hydroxyl groups is 3. The van der Waals surface area contributed by atoms with Gasteiger partial charge < -0.3 is 20.6 Å². The average Bonchev–Trinajstić information content (AvgIpc) is 3.16. The SMILES string of the molecule is CCCCCCCCCCCCCCCCCCCCCCCC(O)C(O)C(CO)NC(=O)CCCCCCCCCCCCCCCCCCCC. The van der Waals surface area contributed by atoms with E-state index in [0.717, 1.165) is 32.1 Å². The molecule has 0 heterocycles. The Kier molecular flexibility index (Phi) is 43.5. The van der Waals surface area contributed by atoms with Crippen LogP contribution in [0.2, 0.25) is 0 Å². The van der Waals surface area contributed by atoms with Gasteiger partial charge in [-0.25, -0.2) is 0 Å². The first-order valence-electron chi connectivity index (χ1n) is 24.3. The van der Waals surface area contributed by atoms with Crippen molar-refractivity contribution in [2.24, 2.45) is 0 Å². The predicted octanol–water partition coefficient (Wildman–Crippen LogP) is 14.2. The van der Waals surface area contributed by atoms with E-state index in [-0.39, 0.29) is 12.5 Å². The van der Waals surface area contributed by atoms with Crippen molar-refractivity contribution in [2.75, 3.05) is 6.61 Å². The van der Waals surface area contributed by atoms with E-state index in [4.69, 9.17) is 0 Å². The van der Waals surface area contributed by atoms with Crippen molar-refractivity contribution in [3.05, 3.63) is 0 Å².